The maximum atomic E-state index is 10.2. The molecule has 1 nitrogen and oxygen atoms in total. The average Bonchev–Trinajstić information content (AvgIpc) is 2.05. The van der Waals surface area contributed by atoms with Crippen molar-refractivity contribution in [2.45, 2.75) is 6.92 Å². The number of hydrogen-bond donors (Lipinski definition) is 0. The van der Waals surface area contributed by atoms with E-state index in [4.69, 9.17) is 0 Å². The fourth-order valence-corrected chi connectivity index (χ4v) is 1.33. The van der Waals surface area contributed by atoms with Gasteiger partial charge in [-0.2, -0.15) is 0 Å². The number of carbonyl (C=O) groups is 1. The van der Waals surface area contributed by atoms with Crippen molar-refractivity contribution in [3.8, 4) is 0 Å². The third-order valence-corrected chi connectivity index (χ3v) is 2.09. The first kappa shape index (κ1) is 9.20. The Labute approximate surface area is 80.2 Å². The van der Waals surface area contributed by atoms with Gasteiger partial charge in [0, 0.05) is 4.47 Å². The van der Waals surface area contributed by atoms with E-state index in [2.05, 4.69) is 15.9 Å². The molecule has 2 heteroatoms. The zero-order chi connectivity index (χ0) is 8.97. The quantitative estimate of drug-likeness (QED) is 0.558. The minimum atomic E-state index is 0.802. The third-order valence-electron chi connectivity index (χ3n) is 1.60. The van der Waals surface area contributed by atoms with Crippen LogP contribution in [0.5, 0.6) is 0 Å². The fourth-order valence-electron chi connectivity index (χ4n) is 0.932. The Morgan fingerprint density at radius 3 is 2.83 bits per heavy atom. The van der Waals surface area contributed by atoms with Gasteiger partial charge >= 0.3 is 0 Å². The highest BCUT2D eigenvalue weighted by atomic mass is 79.9. The van der Waals surface area contributed by atoms with Gasteiger partial charge in [-0.15, -0.1) is 0 Å². The fraction of sp³-hybridized carbons (Fsp3) is 0.100. The Hall–Kier alpha value is -0.890. The Morgan fingerprint density at radius 1 is 1.50 bits per heavy atom. The predicted molar refractivity (Wildman–Crippen MR) is 53.9 cm³/mol. The van der Waals surface area contributed by atoms with E-state index in [1.807, 2.05) is 31.2 Å². The molecule has 0 aliphatic heterocycles. The van der Waals surface area contributed by atoms with E-state index in [0.29, 0.717) is 0 Å². The molecule has 0 saturated carbocycles. The van der Waals surface area contributed by atoms with Gasteiger partial charge in [-0.3, -0.25) is 4.79 Å². The lowest BCUT2D eigenvalue weighted by atomic mass is 10.1. The normalized spacial score (nSPS) is 11.3. The average molecular weight is 225 g/mol. The van der Waals surface area contributed by atoms with Crippen molar-refractivity contribution in [1.29, 1.82) is 0 Å². The van der Waals surface area contributed by atoms with E-state index >= 15 is 0 Å². The molecule has 62 valence electrons. The molecule has 0 fully saturated rings. The Morgan fingerprint density at radius 2 is 2.25 bits per heavy atom. The Kier molecular flexibility index (Phi) is 3.23. The van der Waals surface area contributed by atoms with Crippen LogP contribution in [0.2, 0.25) is 0 Å². The molecule has 0 aliphatic rings. The number of benzene rings is 1. The number of rotatable bonds is 2. The second-order valence-corrected chi connectivity index (χ2v) is 3.41. The molecular formula is C10H9BrO. The highest BCUT2D eigenvalue weighted by Gasteiger charge is 1.94. The third kappa shape index (κ3) is 2.31. The summed E-state index contributed by atoms with van der Waals surface area (Å²) in [5.74, 6) is 0. The van der Waals surface area contributed by atoms with Crippen LogP contribution < -0.4 is 0 Å². The molecule has 0 heterocycles. The van der Waals surface area contributed by atoms with Crippen LogP contribution in [-0.4, -0.2) is 6.29 Å². The number of aldehydes is 1. The lowest BCUT2D eigenvalue weighted by molar-refractivity contribution is -0.104. The summed E-state index contributed by atoms with van der Waals surface area (Å²) in [5.41, 5.74) is 2.04. The molecule has 12 heavy (non-hydrogen) atoms. The van der Waals surface area contributed by atoms with Crippen LogP contribution in [0.25, 0.3) is 5.57 Å². The van der Waals surface area contributed by atoms with Gasteiger partial charge in [-0.1, -0.05) is 28.1 Å². The lowest BCUT2D eigenvalue weighted by Crippen LogP contribution is -1.79. The monoisotopic (exact) mass is 224 g/mol. The molecule has 0 aliphatic carbocycles. The predicted octanol–water partition coefficient (Wildman–Crippen LogP) is 3.05. The second kappa shape index (κ2) is 4.21. The van der Waals surface area contributed by atoms with Crippen LogP contribution in [0.15, 0.2) is 34.8 Å². The molecule has 0 amide bonds. The summed E-state index contributed by atoms with van der Waals surface area (Å²) in [4.78, 5) is 10.2. The number of carbonyl (C=O) groups excluding carboxylic acids is 1. The molecule has 0 atom stereocenters. The molecule has 0 aromatic heterocycles. The first-order chi connectivity index (χ1) is 5.74. The Balaban J connectivity index is 3.03. The maximum Gasteiger partial charge on any atom is 0.143 e. The molecule has 0 spiro atoms. The molecule has 0 bridgehead atoms. The smallest absolute Gasteiger partial charge is 0.143 e. The summed E-state index contributed by atoms with van der Waals surface area (Å²) >= 11 is 3.37. The summed E-state index contributed by atoms with van der Waals surface area (Å²) in [6, 6.07) is 7.86. The number of halogens is 1. The molecule has 0 unspecified atom stereocenters. The van der Waals surface area contributed by atoms with Crippen molar-refractivity contribution in [3.63, 3.8) is 0 Å². The van der Waals surface area contributed by atoms with Crippen LogP contribution in [0.1, 0.15) is 12.5 Å². The molecule has 1 rings (SSSR count). The van der Waals surface area contributed by atoms with Gasteiger partial charge in [0.1, 0.15) is 6.29 Å². The highest BCUT2D eigenvalue weighted by Crippen LogP contribution is 2.17. The van der Waals surface area contributed by atoms with Gasteiger partial charge in [0.15, 0.2) is 0 Å². The molecule has 1 aromatic carbocycles. The summed E-state index contributed by atoms with van der Waals surface area (Å²) < 4.78 is 1.03. The first-order valence-electron chi connectivity index (χ1n) is 3.62. The molecular weight excluding hydrogens is 216 g/mol. The maximum absolute atomic E-state index is 10.2. The van der Waals surface area contributed by atoms with Crippen molar-refractivity contribution in [2.24, 2.45) is 0 Å². The first-order valence-corrected chi connectivity index (χ1v) is 4.41. The van der Waals surface area contributed by atoms with Gasteiger partial charge in [-0.25, -0.2) is 0 Å². The minimum Gasteiger partial charge on any atom is -0.299 e. The van der Waals surface area contributed by atoms with Crippen LogP contribution in [0.4, 0.5) is 0 Å². The molecule has 0 N–H and O–H groups in total. The summed E-state index contributed by atoms with van der Waals surface area (Å²) in [6.45, 7) is 1.91. The van der Waals surface area contributed by atoms with Crippen LogP contribution in [-0.2, 0) is 4.79 Å². The van der Waals surface area contributed by atoms with Crippen molar-refractivity contribution in [2.75, 3.05) is 0 Å². The number of hydrogen-bond acceptors (Lipinski definition) is 1. The standard InChI is InChI=1S/C10H9BrO/c1-8(5-6-12)9-3-2-4-10(11)7-9/h2-7H,1H3/b8-5+. The van der Waals surface area contributed by atoms with Crippen molar-refractivity contribution >= 4 is 27.8 Å². The molecule has 0 radical (unpaired) electrons. The molecule has 1 aromatic rings. The van der Waals surface area contributed by atoms with E-state index < -0.39 is 0 Å². The van der Waals surface area contributed by atoms with E-state index in [9.17, 15) is 4.79 Å². The van der Waals surface area contributed by atoms with Gasteiger partial charge in [-0.05, 0) is 36.3 Å². The Bertz CT molecular complexity index is 315. The van der Waals surface area contributed by atoms with E-state index in [1.54, 1.807) is 6.08 Å². The van der Waals surface area contributed by atoms with E-state index in [-0.39, 0.29) is 0 Å². The minimum absolute atomic E-state index is 0.802. The van der Waals surface area contributed by atoms with Crippen molar-refractivity contribution in [3.05, 3.63) is 40.4 Å². The van der Waals surface area contributed by atoms with Crippen molar-refractivity contribution in [1.82, 2.24) is 0 Å². The van der Waals surface area contributed by atoms with Crippen LogP contribution >= 0.6 is 15.9 Å². The summed E-state index contributed by atoms with van der Waals surface area (Å²) in [5, 5.41) is 0. The second-order valence-electron chi connectivity index (χ2n) is 2.50. The van der Waals surface area contributed by atoms with E-state index in [0.717, 1.165) is 21.9 Å². The zero-order valence-electron chi connectivity index (χ0n) is 6.75. The summed E-state index contributed by atoms with van der Waals surface area (Å²) in [7, 11) is 0. The zero-order valence-corrected chi connectivity index (χ0v) is 8.34. The van der Waals surface area contributed by atoms with Crippen LogP contribution in [0.3, 0.4) is 0 Å². The van der Waals surface area contributed by atoms with Gasteiger partial charge in [0.05, 0.1) is 0 Å². The summed E-state index contributed by atoms with van der Waals surface area (Å²) in [6.07, 6.45) is 2.36. The van der Waals surface area contributed by atoms with Gasteiger partial charge < -0.3 is 0 Å². The highest BCUT2D eigenvalue weighted by molar-refractivity contribution is 9.10. The van der Waals surface area contributed by atoms with Crippen molar-refractivity contribution < 1.29 is 4.79 Å². The van der Waals surface area contributed by atoms with Crippen LogP contribution in [0, 0.1) is 0 Å². The molecule has 0 saturated heterocycles. The largest absolute Gasteiger partial charge is 0.299 e. The van der Waals surface area contributed by atoms with Gasteiger partial charge in [0.2, 0.25) is 0 Å². The van der Waals surface area contributed by atoms with Gasteiger partial charge in [0.25, 0.3) is 0 Å². The number of allylic oxidation sites excluding steroid dienone is 2. The lowest BCUT2D eigenvalue weighted by Gasteiger charge is -1.99. The SMILES string of the molecule is C/C(=C\C=O)c1cccc(Br)c1. The van der Waals surface area contributed by atoms with E-state index in [1.165, 1.54) is 0 Å². The topological polar surface area (TPSA) is 17.1 Å².